The lowest BCUT2D eigenvalue weighted by molar-refractivity contribution is 0.147. The number of benzene rings is 1. The summed E-state index contributed by atoms with van der Waals surface area (Å²) in [5.74, 6) is 0.802. The molecule has 1 atom stereocenters. The third-order valence-corrected chi connectivity index (χ3v) is 2.76. The molecule has 0 saturated heterocycles. The van der Waals surface area contributed by atoms with Crippen molar-refractivity contribution in [1.29, 1.82) is 0 Å². The van der Waals surface area contributed by atoms with Gasteiger partial charge in [-0.1, -0.05) is 17.7 Å². The highest BCUT2D eigenvalue weighted by molar-refractivity contribution is 5.35. The fourth-order valence-electron chi connectivity index (χ4n) is 1.78. The van der Waals surface area contributed by atoms with Crippen molar-refractivity contribution in [1.82, 2.24) is 5.32 Å². The maximum atomic E-state index is 9.79. The molecule has 96 valence electrons. The normalized spacial score (nSPS) is 12.6. The third-order valence-electron chi connectivity index (χ3n) is 2.76. The average Bonchev–Trinajstić information content (AvgIpc) is 2.87. The Morgan fingerprint density at radius 1 is 1.33 bits per heavy atom. The first-order valence-electron chi connectivity index (χ1n) is 5.87. The van der Waals surface area contributed by atoms with Gasteiger partial charge in [-0.05, 0) is 25.1 Å². The molecular weight excluding hydrogens is 230 g/mol. The minimum absolute atomic E-state index is 0.264. The summed E-state index contributed by atoms with van der Waals surface area (Å²) in [6.07, 6.45) is 0.859. The maximum Gasteiger partial charge on any atom is 0.133 e. The van der Waals surface area contributed by atoms with E-state index in [0.717, 1.165) is 11.1 Å². The van der Waals surface area contributed by atoms with Crippen LogP contribution >= 0.6 is 0 Å². The Morgan fingerprint density at radius 3 is 2.89 bits per heavy atom. The van der Waals surface area contributed by atoms with Gasteiger partial charge in [0, 0.05) is 18.7 Å². The van der Waals surface area contributed by atoms with Crippen molar-refractivity contribution in [3.8, 4) is 5.75 Å². The van der Waals surface area contributed by atoms with Crippen LogP contribution in [0.3, 0.4) is 0 Å². The number of phenolic OH excluding ortho intramolecular Hbond substituents is 1. The summed E-state index contributed by atoms with van der Waals surface area (Å²) in [5.41, 5.74) is 1.91. The molecule has 18 heavy (non-hydrogen) atoms. The van der Waals surface area contributed by atoms with E-state index in [-0.39, 0.29) is 5.75 Å². The summed E-state index contributed by atoms with van der Waals surface area (Å²) in [5, 5.41) is 22.5. The molecule has 2 aromatic rings. The Kier molecular flexibility index (Phi) is 4.02. The van der Waals surface area contributed by atoms with Gasteiger partial charge in [0.25, 0.3) is 0 Å². The van der Waals surface area contributed by atoms with Gasteiger partial charge < -0.3 is 19.9 Å². The molecule has 0 spiro atoms. The molecule has 0 aliphatic rings. The van der Waals surface area contributed by atoms with Crippen LogP contribution in [0.2, 0.25) is 0 Å². The van der Waals surface area contributed by atoms with E-state index >= 15 is 0 Å². The zero-order valence-electron chi connectivity index (χ0n) is 10.3. The van der Waals surface area contributed by atoms with Crippen LogP contribution in [0.4, 0.5) is 0 Å². The summed E-state index contributed by atoms with van der Waals surface area (Å²) >= 11 is 0. The van der Waals surface area contributed by atoms with Gasteiger partial charge in [0.2, 0.25) is 0 Å². The van der Waals surface area contributed by atoms with E-state index in [1.165, 1.54) is 6.26 Å². The minimum Gasteiger partial charge on any atom is -0.508 e. The van der Waals surface area contributed by atoms with Crippen LogP contribution in [0.25, 0.3) is 0 Å². The van der Waals surface area contributed by atoms with Crippen LogP contribution in [0.15, 0.2) is 41.0 Å². The fourth-order valence-corrected chi connectivity index (χ4v) is 1.78. The van der Waals surface area contributed by atoms with E-state index < -0.39 is 6.10 Å². The highest BCUT2D eigenvalue weighted by Crippen LogP contribution is 2.18. The van der Waals surface area contributed by atoms with Gasteiger partial charge in [0.05, 0.1) is 6.26 Å². The van der Waals surface area contributed by atoms with Gasteiger partial charge >= 0.3 is 0 Å². The van der Waals surface area contributed by atoms with E-state index in [4.69, 9.17) is 4.42 Å². The quantitative estimate of drug-likeness (QED) is 0.757. The number of aryl methyl sites for hydroxylation is 1. The van der Waals surface area contributed by atoms with Crippen molar-refractivity contribution < 1.29 is 14.6 Å². The predicted molar refractivity (Wildman–Crippen MR) is 68.2 cm³/mol. The molecule has 0 aliphatic carbocycles. The van der Waals surface area contributed by atoms with Crippen molar-refractivity contribution in [2.75, 3.05) is 6.54 Å². The smallest absolute Gasteiger partial charge is 0.133 e. The van der Waals surface area contributed by atoms with Crippen molar-refractivity contribution >= 4 is 0 Å². The maximum absolute atomic E-state index is 9.79. The predicted octanol–water partition coefficient (Wildman–Crippen LogP) is 2.12. The number of phenols is 1. The van der Waals surface area contributed by atoms with E-state index in [1.807, 2.05) is 19.1 Å². The van der Waals surface area contributed by atoms with Crippen molar-refractivity contribution in [3.63, 3.8) is 0 Å². The molecule has 1 aromatic carbocycles. The number of rotatable bonds is 5. The molecule has 0 radical (unpaired) electrons. The molecule has 0 aliphatic heterocycles. The third kappa shape index (κ3) is 3.12. The number of aromatic hydroxyl groups is 1. The number of nitrogens with one attached hydrogen (secondary N) is 1. The summed E-state index contributed by atoms with van der Waals surface area (Å²) in [7, 11) is 0. The molecule has 1 aromatic heterocycles. The molecule has 1 unspecified atom stereocenters. The first-order chi connectivity index (χ1) is 8.66. The molecule has 0 amide bonds. The van der Waals surface area contributed by atoms with Gasteiger partial charge in [0.15, 0.2) is 0 Å². The molecule has 4 heteroatoms. The van der Waals surface area contributed by atoms with Gasteiger partial charge in [-0.3, -0.25) is 0 Å². The molecule has 4 nitrogen and oxygen atoms in total. The summed E-state index contributed by atoms with van der Waals surface area (Å²) in [6, 6.07) is 8.93. The van der Waals surface area contributed by atoms with E-state index in [0.29, 0.717) is 18.8 Å². The van der Waals surface area contributed by atoms with Crippen LogP contribution in [0.1, 0.15) is 23.0 Å². The van der Waals surface area contributed by atoms with Gasteiger partial charge in [-0.2, -0.15) is 0 Å². The van der Waals surface area contributed by atoms with Crippen molar-refractivity contribution in [2.24, 2.45) is 0 Å². The highest BCUT2D eigenvalue weighted by atomic mass is 16.4. The Labute approximate surface area is 106 Å². The summed E-state index contributed by atoms with van der Waals surface area (Å²) in [4.78, 5) is 0. The Balaban J connectivity index is 1.87. The lowest BCUT2D eigenvalue weighted by Gasteiger charge is -2.10. The molecule has 0 fully saturated rings. The second-order valence-corrected chi connectivity index (χ2v) is 4.29. The molecule has 1 heterocycles. The number of hydrogen-bond donors (Lipinski definition) is 3. The zero-order valence-corrected chi connectivity index (χ0v) is 10.3. The van der Waals surface area contributed by atoms with Crippen LogP contribution < -0.4 is 5.32 Å². The lowest BCUT2D eigenvalue weighted by atomic mass is 10.1. The second kappa shape index (κ2) is 5.71. The zero-order chi connectivity index (χ0) is 13.0. The number of hydrogen-bond acceptors (Lipinski definition) is 4. The standard InChI is InChI=1S/C14H17NO3/c1-10-4-5-12(16)11(7-10)8-15-9-13(17)14-3-2-6-18-14/h2-7,13,15-17H,8-9H2,1H3. The second-order valence-electron chi connectivity index (χ2n) is 4.29. The molecule has 0 saturated carbocycles. The first kappa shape index (κ1) is 12.7. The molecule has 3 N–H and O–H groups in total. The number of aliphatic hydroxyl groups is 1. The van der Waals surface area contributed by atoms with E-state index in [9.17, 15) is 10.2 Å². The van der Waals surface area contributed by atoms with Gasteiger partial charge in [-0.15, -0.1) is 0 Å². The fraction of sp³-hybridized carbons (Fsp3) is 0.286. The van der Waals surface area contributed by atoms with Crippen molar-refractivity contribution in [3.05, 3.63) is 53.5 Å². The molecule has 2 rings (SSSR count). The SMILES string of the molecule is Cc1ccc(O)c(CNCC(O)c2ccco2)c1. The van der Waals surface area contributed by atoms with Crippen LogP contribution in [0, 0.1) is 6.92 Å². The van der Waals surface area contributed by atoms with E-state index in [1.54, 1.807) is 18.2 Å². The average molecular weight is 247 g/mol. The van der Waals surface area contributed by atoms with Crippen molar-refractivity contribution in [2.45, 2.75) is 19.6 Å². The topological polar surface area (TPSA) is 65.6 Å². The molecule has 0 bridgehead atoms. The molecular formula is C14H17NO3. The van der Waals surface area contributed by atoms with Crippen LogP contribution in [-0.4, -0.2) is 16.8 Å². The lowest BCUT2D eigenvalue weighted by Crippen LogP contribution is -2.20. The largest absolute Gasteiger partial charge is 0.508 e. The number of aliphatic hydroxyl groups excluding tert-OH is 1. The monoisotopic (exact) mass is 247 g/mol. The highest BCUT2D eigenvalue weighted by Gasteiger charge is 2.10. The number of furan rings is 1. The summed E-state index contributed by atoms with van der Waals surface area (Å²) < 4.78 is 5.10. The minimum atomic E-state index is -0.674. The first-order valence-corrected chi connectivity index (χ1v) is 5.87. The van der Waals surface area contributed by atoms with Crippen LogP contribution in [-0.2, 0) is 6.54 Å². The van der Waals surface area contributed by atoms with Gasteiger partial charge in [0.1, 0.15) is 17.6 Å². The summed E-state index contributed by atoms with van der Waals surface area (Å²) in [6.45, 7) is 2.85. The van der Waals surface area contributed by atoms with Gasteiger partial charge in [-0.25, -0.2) is 0 Å². The Morgan fingerprint density at radius 2 is 2.17 bits per heavy atom. The Hall–Kier alpha value is -1.78. The Bertz CT molecular complexity index is 494. The van der Waals surface area contributed by atoms with E-state index in [2.05, 4.69) is 5.32 Å². The van der Waals surface area contributed by atoms with Crippen LogP contribution in [0.5, 0.6) is 5.75 Å².